The smallest absolute Gasteiger partial charge is 0.00699 e. The predicted octanol–water partition coefficient (Wildman–Crippen LogP) is 5.89. The molecule has 152 valence electrons. The van der Waals surface area contributed by atoms with Crippen molar-refractivity contribution in [3.63, 3.8) is 0 Å². The Bertz CT molecular complexity index is 391. The Labute approximate surface area is 163 Å². The van der Waals surface area contributed by atoms with Gasteiger partial charge in [-0.3, -0.25) is 0 Å². The molecule has 0 saturated heterocycles. The first-order valence-electron chi connectivity index (χ1n) is 12.0. The largest absolute Gasteiger partial charge is 0.327 e. The molecule has 2 nitrogen and oxygen atoms in total. The third-order valence-corrected chi connectivity index (χ3v) is 8.01. The van der Waals surface area contributed by atoms with Gasteiger partial charge in [-0.05, 0) is 81.0 Å². The van der Waals surface area contributed by atoms with Gasteiger partial charge >= 0.3 is 0 Å². The standard InChI is InChI=1S/C24H46N2/c1-17(2)26-23-12-9-19(10-13-23)14-21-8-11-22(24(25)16-21)15-20-6-4-18(3)5-7-20/h17-24,26H,4-16,25H2,1-3H3. The summed E-state index contributed by atoms with van der Waals surface area (Å²) in [6.07, 6.45) is 18.7. The summed E-state index contributed by atoms with van der Waals surface area (Å²) < 4.78 is 0. The molecule has 0 radical (unpaired) electrons. The molecule has 3 N–H and O–H groups in total. The second-order valence-electron chi connectivity index (χ2n) is 10.7. The van der Waals surface area contributed by atoms with Gasteiger partial charge < -0.3 is 11.1 Å². The van der Waals surface area contributed by atoms with E-state index in [1.165, 1.54) is 83.5 Å². The Morgan fingerprint density at radius 3 is 1.96 bits per heavy atom. The first-order valence-corrected chi connectivity index (χ1v) is 12.0. The topological polar surface area (TPSA) is 38.0 Å². The van der Waals surface area contributed by atoms with Crippen LogP contribution in [0.2, 0.25) is 0 Å². The monoisotopic (exact) mass is 362 g/mol. The van der Waals surface area contributed by atoms with Crippen molar-refractivity contribution < 1.29 is 0 Å². The van der Waals surface area contributed by atoms with Crippen LogP contribution in [-0.2, 0) is 0 Å². The van der Waals surface area contributed by atoms with Gasteiger partial charge in [-0.1, -0.05) is 52.9 Å². The highest BCUT2D eigenvalue weighted by Crippen LogP contribution is 2.40. The fraction of sp³-hybridized carbons (Fsp3) is 1.00. The van der Waals surface area contributed by atoms with Crippen LogP contribution in [0.5, 0.6) is 0 Å². The summed E-state index contributed by atoms with van der Waals surface area (Å²) in [7, 11) is 0. The van der Waals surface area contributed by atoms with Crippen LogP contribution < -0.4 is 11.1 Å². The van der Waals surface area contributed by atoms with Crippen LogP contribution in [0.1, 0.15) is 104 Å². The molecular formula is C24H46N2. The van der Waals surface area contributed by atoms with E-state index < -0.39 is 0 Å². The molecular weight excluding hydrogens is 316 g/mol. The van der Waals surface area contributed by atoms with Gasteiger partial charge in [0, 0.05) is 18.1 Å². The fourth-order valence-electron chi connectivity index (χ4n) is 6.37. The number of nitrogens with two attached hydrogens (primary N) is 1. The lowest BCUT2D eigenvalue weighted by atomic mass is 9.69. The van der Waals surface area contributed by atoms with E-state index in [1.54, 1.807) is 0 Å². The first kappa shape index (κ1) is 20.6. The predicted molar refractivity (Wildman–Crippen MR) is 113 cm³/mol. The van der Waals surface area contributed by atoms with Gasteiger partial charge in [-0.25, -0.2) is 0 Å². The SMILES string of the molecule is CC1CCC(CC2CCC(CC3CCC(NC(C)C)CC3)CC2N)CC1. The third kappa shape index (κ3) is 6.23. The molecule has 3 rings (SSSR count). The zero-order valence-corrected chi connectivity index (χ0v) is 17.9. The minimum atomic E-state index is 0.493. The summed E-state index contributed by atoms with van der Waals surface area (Å²) in [5, 5.41) is 3.74. The molecule has 3 aliphatic carbocycles. The molecule has 3 saturated carbocycles. The number of nitrogens with one attached hydrogen (secondary N) is 1. The highest BCUT2D eigenvalue weighted by Gasteiger charge is 2.32. The Morgan fingerprint density at radius 2 is 1.35 bits per heavy atom. The van der Waals surface area contributed by atoms with Crippen molar-refractivity contribution in [3.8, 4) is 0 Å². The summed E-state index contributed by atoms with van der Waals surface area (Å²) in [6.45, 7) is 6.99. The first-order chi connectivity index (χ1) is 12.5. The summed E-state index contributed by atoms with van der Waals surface area (Å²) in [6, 6.07) is 1.91. The molecule has 3 unspecified atom stereocenters. The highest BCUT2D eigenvalue weighted by atomic mass is 14.9. The Kier molecular flexibility index (Phi) is 7.88. The molecule has 0 aromatic rings. The van der Waals surface area contributed by atoms with Crippen LogP contribution in [0, 0.1) is 29.6 Å². The van der Waals surface area contributed by atoms with Crippen LogP contribution >= 0.6 is 0 Å². The van der Waals surface area contributed by atoms with Gasteiger partial charge in [0.25, 0.3) is 0 Å². The summed E-state index contributed by atoms with van der Waals surface area (Å²) in [5.41, 5.74) is 6.69. The molecule has 3 aliphatic rings. The van der Waals surface area contributed by atoms with E-state index in [4.69, 9.17) is 5.73 Å². The third-order valence-electron chi connectivity index (χ3n) is 8.01. The zero-order chi connectivity index (χ0) is 18.5. The lowest BCUT2D eigenvalue weighted by molar-refractivity contribution is 0.150. The molecule has 2 heteroatoms. The maximum absolute atomic E-state index is 6.69. The van der Waals surface area contributed by atoms with Gasteiger partial charge in [-0.15, -0.1) is 0 Å². The number of hydrogen-bond acceptors (Lipinski definition) is 2. The van der Waals surface area contributed by atoms with Gasteiger partial charge in [0.05, 0.1) is 0 Å². The molecule has 0 aliphatic heterocycles. The van der Waals surface area contributed by atoms with E-state index in [0.29, 0.717) is 12.1 Å². The Morgan fingerprint density at radius 1 is 0.769 bits per heavy atom. The Balaban J connectivity index is 1.35. The van der Waals surface area contributed by atoms with Crippen LogP contribution in [0.15, 0.2) is 0 Å². The summed E-state index contributed by atoms with van der Waals surface area (Å²) in [5.74, 6) is 4.70. The number of rotatable bonds is 6. The molecule has 0 spiro atoms. The molecule has 26 heavy (non-hydrogen) atoms. The molecule has 0 amide bonds. The van der Waals surface area contributed by atoms with Crippen molar-refractivity contribution in [2.24, 2.45) is 35.3 Å². The van der Waals surface area contributed by atoms with Crippen LogP contribution in [-0.4, -0.2) is 18.1 Å². The van der Waals surface area contributed by atoms with Crippen LogP contribution in [0.3, 0.4) is 0 Å². The van der Waals surface area contributed by atoms with Crippen molar-refractivity contribution in [2.45, 2.75) is 122 Å². The Hall–Kier alpha value is -0.0800. The maximum Gasteiger partial charge on any atom is 0.00699 e. The summed E-state index contributed by atoms with van der Waals surface area (Å²) in [4.78, 5) is 0. The van der Waals surface area contributed by atoms with Gasteiger partial charge in [-0.2, -0.15) is 0 Å². The lowest BCUT2D eigenvalue weighted by Gasteiger charge is -2.39. The quantitative estimate of drug-likeness (QED) is 0.618. The summed E-state index contributed by atoms with van der Waals surface area (Å²) >= 11 is 0. The van der Waals surface area contributed by atoms with E-state index in [-0.39, 0.29) is 0 Å². The van der Waals surface area contributed by atoms with Crippen molar-refractivity contribution in [2.75, 3.05) is 0 Å². The fourth-order valence-corrected chi connectivity index (χ4v) is 6.37. The maximum atomic E-state index is 6.69. The van der Waals surface area contributed by atoms with Gasteiger partial charge in [0.2, 0.25) is 0 Å². The molecule has 0 aromatic heterocycles. The highest BCUT2D eigenvalue weighted by molar-refractivity contribution is 4.87. The minimum Gasteiger partial charge on any atom is -0.327 e. The van der Waals surface area contributed by atoms with E-state index in [2.05, 4.69) is 26.1 Å². The molecule has 3 atom stereocenters. The second-order valence-corrected chi connectivity index (χ2v) is 10.7. The molecule has 3 fully saturated rings. The van der Waals surface area contributed by atoms with E-state index in [9.17, 15) is 0 Å². The van der Waals surface area contributed by atoms with Crippen molar-refractivity contribution in [3.05, 3.63) is 0 Å². The molecule has 0 heterocycles. The van der Waals surface area contributed by atoms with Gasteiger partial charge in [0.1, 0.15) is 0 Å². The van der Waals surface area contributed by atoms with Crippen molar-refractivity contribution in [1.82, 2.24) is 5.32 Å². The normalized spacial score (nSPS) is 42.1. The van der Waals surface area contributed by atoms with Crippen molar-refractivity contribution in [1.29, 1.82) is 0 Å². The lowest BCUT2D eigenvalue weighted by Crippen LogP contribution is -2.40. The van der Waals surface area contributed by atoms with Crippen molar-refractivity contribution >= 4 is 0 Å². The van der Waals surface area contributed by atoms with E-state index in [0.717, 1.165) is 35.6 Å². The second kappa shape index (κ2) is 9.92. The minimum absolute atomic E-state index is 0.493. The molecule has 0 bridgehead atoms. The zero-order valence-electron chi connectivity index (χ0n) is 17.9. The van der Waals surface area contributed by atoms with E-state index in [1.807, 2.05) is 0 Å². The number of hydrogen-bond donors (Lipinski definition) is 2. The molecule has 0 aromatic carbocycles. The van der Waals surface area contributed by atoms with Crippen LogP contribution in [0.4, 0.5) is 0 Å². The average Bonchev–Trinajstić information content (AvgIpc) is 2.60. The average molecular weight is 363 g/mol. The van der Waals surface area contributed by atoms with Crippen LogP contribution in [0.25, 0.3) is 0 Å². The van der Waals surface area contributed by atoms with Gasteiger partial charge in [0.15, 0.2) is 0 Å². The van der Waals surface area contributed by atoms with E-state index >= 15 is 0 Å².